The first-order chi connectivity index (χ1) is 11.4. The molecule has 0 saturated carbocycles. The molecule has 0 bridgehead atoms. The minimum Gasteiger partial charge on any atom is -0.493 e. The maximum absolute atomic E-state index is 11.9. The quantitative estimate of drug-likeness (QED) is 0.807. The molecular weight excluding hydrogens is 378 g/mol. The maximum atomic E-state index is 11.9. The van der Waals surface area contributed by atoms with Crippen LogP contribution < -0.4 is 25.1 Å². The number of benzene rings is 1. The third-order valence-electron chi connectivity index (χ3n) is 3.64. The van der Waals surface area contributed by atoms with Crippen molar-refractivity contribution in [2.45, 2.75) is 13.0 Å². The molecular formula is C16H20BrN3O4. The molecule has 0 aliphatic carbocycles. The van der Waals surface area contributed by atoms with E-state index in [1.807, 2.05) is 19.1 Å². The average molecular weight is 398 g/mol. The van der Waals surface area contributed by atoms with Gasteiger partial charge in [-0.05, 0) is 40.5 Å². The zero-order valence-corrected chi connectivity index (χ0v) is 15.8. The fourth-order valence-electron chi connectivity index (χ4n) is 2.28. The highest BCUT2D eigenvalue weighted by molar-refractivity contribution is 9.10. The summed E-state index contributed by atoms with van der Waals surface area (Å²) < 4.78 is 17.8. The molecule has 0 fully saturated rings. The summed E-state index contributed by atoms with van der Waals surface area (Å²) >= 11 is 3.31. The SMILES string of the molecule is COc1cc(C(C)Nc2cnn(C)c(=O)c2Br)cc(OC)c1OC. The first-order valence-electron chi connectivity index (χ1n) is 7.21. The maximum Gasteiger partial charge on any atom is 0.282 e. The topological polar surface area (TPSA) is 74.6 Å². The lowest BCUT2D eigenvalue weighted by Gasteiger charge is -2.20. The van der Waals surface area contributed by atoms with Gasteiger partial charge in [0.05, 0.1) is 33.2 Å². The number of methoxy groups -OCH3 is 3. The van der Waals surface area contributed by atoms with Crippen molar-refractivity contribution < 1.29 is 14.2 Å². The number of halogens is 1. The Balaban J connectivity index is 2.38. The van der Waals surface area contributed by atoms with Crippen LogP contribution in [-0.2, 0) is 7.05 Å². The number of aromatic nitrogens is 2. The third-order valence-corrected chi connectivity index (χ3v) is 4.40. The second kappa shape index (κ2) is 7.57. The normalized spacial score (nSPS) is 11.8. The van der Waals surface area contributed by atoms with Crippen LogP contribution in [0.5, 0.6) is 17.2 Å². The van der Waals surface area contributed by atoms with E-state index in [0.29, 0.717) is 27.4 Å². The summed E-state index contributed by atoms with van der Waals surface area (Å²) in [5, 5.41) is 7.28. The van der Waals surface area contributed by atoms with E-state index in [9.17, 15) is 4.79 Å². The molecule has 1 aromatic carbocycles. The lowest BCUT2D eigenvalue weighted by molar-refractivity contribution is 0.323. The molecule has 0 radical (unpaired) electrons. The molecule has 0 aliphatic rings. The van der Waals surface area contributed by atoms with Crippen molar-refractivity contribution in [1.29, 1.82) is 0 Å². The lowest BCUT2D eigenvalue weighted by atomic mass is 10.1. The minimum absolute atomic E-state index is 0.121. The van der Waals surface area contributed by atoms with Gasteiger partial charge in [0.15, 0.2) is 11.5 Å². The van der Waals surface area contributed by atoms with Gasteiger partial charge in [-0.15, -0.1) is 0 Å². The van der Waals surface area contributed by atoms with E-state index in [0.717, 1.165) is 5.56 Å². The molecule has 2 aromatic rings. The van der Waals surface area contributed by atoms with Crippen LogP contribution in [0, 0.1) is 0 Å². The zero-order valence-electron chi connectivity index (χ0n) is 14.2. The number of aryl methyl sites for hydroxylation is 1. The molecule has 1 unspecified atom stereocenters. The molecule has 8 heteroatoms. The van der Waals surface area contributed by atoms with Gasteiger partial charge in [0, 0.05) is 13.1 Å². The van der Waals surface area contributed by atoms with E-state index in [-0.39, 0.29) is 11.6 Å². The molecule has 1 aromatic heterocycles. The van der Waals surface area contributed by atoms with Gasteiger partial charge in [-0.2, -0.15) is 5.10 Å². The van der Waals surface area contributed by atoms with Gasteiger partial charge in [-0.1, -0.05) is 0 Å². The predicted molar refractivity (Wildman–Crippen MR) is 95.3 cm³/mol. The molecule has 0 amide bonds. The Morgan fingerprint density at radius 2 is 1.75 bits per heavy atom. The first-order valence-corrected chi connectivity index (χ1v) is 8.00. The molecule has 1 atom stereocenters. The summed E-state index contributed by atoms with van der Waals surface area (Å²) in [4.78, 5) is 11.9. The van der Waals surface area contributed by atoms with E-state index >= 15 is 0 Å². The average Bonchev–Trinajstić information content (AvgIpc) is 2.60. The van der Waals surface area contributed by atoms with Crippen molar-refractivity contribution in [3.8, 4) is 17.2 Å². The summed E-state index contributed by atoms with van der Waals surface area (Å²) in [7, 11) is 6.30. The molecule has 2 rings (SSSR count). The van der Waals surface area contributed by atoms with Crippen LogP contribution in [0.4, 0.5) is 5.69 Å². The fourth-order valence-corrected chi connectivity index (χ4v) is 2.75. The Bertz CT molecular complexity index is 766. The highest BCUT2D eigenvalue weighted by Crippen LogP contribution is 2.40. The van der Waals surface area contributed by atoms with E-state index in [4.69, 9.17) is 14.2 Å². The largest absolute Gasteiger partial charge is 0.493 e. The summed E-state index contributed by atoms with van der Waals surface area (Å²) in [6.45, 7) is 1.96. The van der Waals surface area contributed by atoms with E-state index in [2.05, 4.69) is 26.3 Å². The highest BCUT2D eigenvalue weighted by atomic mass is 79.9. The number of rotatable bonds is 6. The predicted octanol–water partition coefficient (Wildman–Crippen LogP) is 2.74. The van der Waals surface area contributed by atoms with Crippen molar-refractivity contribution in [1.82, 2.24) is 9.78 Å². The Hall–Kier alpha value is -2.22. The summed E-state index contributed by atoms with van der Waals surface area (Å²) in [6.07, 6.45) is 1.60. The van der Waals surface area contributed by atoms with Crippen LogP contribution in [0.3, 0.4) is 0 Å². The monoisotopic (exact) mass is 397 g/mol. The van der Waals surface area contributed by atoms with Gasteiger partial charge in [0.1, 0.15) is 4.47 Å². The van der Waals surface area contributed by atoms with Crippen molar-refractivity contribution in [3.63, 3.8) is 0 Å². The number of ether oxygens (including phenoxy) is 3. The van der Waals surface area contributed by atoms with Crippen LogP contribution >= 0.6 is 15.9 Å². The third kappa shape index (κ3) is 3.48. The van der Waals surface area contributed by atoms with Crippen LogP contribution in [0.1, 0.15) is 18.5 Å². The highest BCUT2D eigenvalue weighted by Gasteiger charge is 2.17. The molecule has 0 aliphatic heterocycles. The molecule has 1 heterocycles. The van der Waals surface area contributed by atoms with Crippen molar-refractivity contribution in [3.05, 3.63) is 38.7 Å². The van der Waals surface area contributed by atoms with Crippen LogP contribution in [0.25, 0.3) is 0 Å². The summed E-state index contributed by atoms with van der Waals surface area (Å²) in [5.74, 6) is 1.68. The molecule has 7 nitrogen and oxygen atoms in total. The Kier molecular flexibility index (Phi) is 5.71. The van der Waals surface area contributed by atoms with Gasteiger partial charge in [0.2, 0.25) is 5.75 Å². The minimum atomic E-state index is -0.211. The second-order valence-corrected chi connectivity index (χ2v) is 5.92. The van der Waals surface area contributed by atoms with Gasteiger partial charge in [-0.3, -0.25) is 4.79 Å². The van der Waals surface area contributed by atoms with Gasteiger partial charge in [-0.25, -0.2) is 4.68 Å². The van der Waals surface area contributed by atoms with Crippen molar-refractivity contribution in [2.75, 3.05) is 26.6 Å². The summed E-state index contributed by atoms with van der Waals surface area (Å²) in [6, 6.07) is 3.60. The van der Waals surface area contributed by atoms with Gasteiger partial charge >= 0.3 is 0 Å². The number of anilines is 1. The van der Waals surface area contributed by atoms with Gasteiger partial charge < -0.3 is 19.5 Å². The van der Waals surface area contributed by atoms with Crippen LogP contribution in [0.2, 0.25) is 0 Å². The smallest absolute Gasteiger partial charge is 0.282 e. The van der Waals surface area contributed by atoms with E-state index in [1.54, 1.807) is 34.6 Å². The zero-order chi connectivity index (χ0) is 17.9. The second-order valence-electron chi connectivity index (χ2n) is 5.13. The Morgan fingerprint density at radius 1 is 1.17 bits per heavy atom. The number of hydrogen-bond acceptors (Lipinski definition) is 6. The van der Waals surface area contributed by atoms with E-state index in [1.165, 1.54) is 4.68 Å². The molecule has 0 spiro atoms. The molecule has 130 valence electrons. The fraction of sp³-hybridized carbons (Fsp3) is 0.375. The Morgan fingerprint density at radius 3 is 2.25 bits per heavy atom. The van der Waals surface area contributed by atoms with Crippen molar-refractivity contribution >= 4 is 21.6 Å². The van der Waals surface area contributed by atoms with Crippen LogP contribution in [-0.4, -0.2) is 31.1 Å². The number of hydrogen-bond donors (Lipinski definition) is 1. The standard InChI is InChI=1S/C16H20BrN3O4/c1-9(19-11-8-18-20(2)16(21)14(11)17)10-6-12(22-3)15(24-5)13(7-10)23-4/h6-9,19H,1-5H3. The van der Waals surface area contributed by atoms with E-state index < -0.39 is 0 Å². The van der Waals surface area contributed by atoms with Gasteiger partial charge in [0.25, 0.3) is 5.56 Å². The molecule has 1 N–H and O–H groups in total. The molecule has 24 heavy (non-hydrogen) atoms. The van der Waals surface area contributed by atoms with Crippen LogP contribution in [0.15, 0.2) is 27.6 Å². The lowest BCUT2D eigenvalue weighted by Crippen LogP contribution is -2.22. The number of nitrogens with zero attached hydrogens (tertiary/aromatic N) is 2. The Labute approximate surface area is 148 Å². The van der Waals surface area contributed by atoms with Crippen molar-refractivity contribution in [2.24, 2.45) is 7.05 Å². The summed E-state index contributed by atoms with van der Waals surface area (Å²) in [5.41, 5.74) is 1.31. The molecule has 0 saturated heterocycles. The number of nitrogens with one attached hydrogen (secondary N) is 1. The first kappa shape index (κ1) is 18.1.